The quantitative estimate of drug-likeness (QED) is 0.522. The topological polar surface area (TPSA) is 37.4 Å². The van der Waals surface area contributed by atoms with Crippen molar-refractivity contribution in [1.29, 1.82) is 0 Å². The van der Waals surface area contributed by atoms with Crippen LogP contribution in [-0.2, 0) is 4.79 Å². The van der Waals surface area contributed by atoms with E-state index in [0.29, 0.717) is 5.56 Å². The highest BCUT2D eigenvalue weighted by Gasteiger charge is 2.03. The lowest BCUT2D eigenvalue weighted by Crippen LogP contribution is -2.22. The zero-order chi connectivity index (χ0) is 11.8. The third-order valence-electron chi connectivity index (χ3n) is 2.49. The summed E-state index contributed by atoms with van der Waals surface area (Å²) in [5.41, 5.74) is 1.47. The Morgan fingerprint density at radius 2 is 1.81 bits per heavy atom. The molecule has 1 amide bonds. The predicted molar refractivity (Wildman–Crippen MR) is 64.8 cm³/mol. The molecule has 0 saturated carbocycles. The summed E-state index contributed by atoms with van der Waals surface area (Å²) in [7, 11) is 0. The molecule has 1 aromatic carbocycles. The van der Waals surface area contributed by atoms with Gasteiger partial charge in [-0.1, -0.05) is 19.8 Å². The molecule has 0 aliphatic carbocycles. The van der Waals surface area contributed by atoms with E-state index in [1.54, 1.807) is 29.2 Å². The Labute approximate surface area is 96.1 Å². The molecule has 16 heavy (non-hydrogen) atoms. The van der Waals surface area contributed by atoms with Gasteiger partial charge >= 0.3 is 0 Å². The first-order chi connectivity index (χ1) is 7.81. The number of benzene rings is 1. The number of unbranched alkanes of at least 4 members (excludes halogenated alkanes) is 2. The first kappa shape index (κ1) is 12.4. The summed E-state index contributed by atoms with van der Waals surface area (Å²) in [5.74, 6) is 0. The van der Waals surface area contributed by atoms with E-state index in [9.17, 15) is 9.59 Å². The lowest BCUT2D eigenvalue weighted by Gasteiger charge is -2.17. The average Bonchev–Trinajstić information content (AvgIpc) is 2.35. The van der Waals surface area contributed by atoms with E-state index in [0.717, 1.165) is 44.2 Å². The molecule has 0 unspecified atom stereocenters. The Balaban J connectivity index is 2.63. The number of hydrogen-bond donors (Lipinski definition) is 0. The molecule has 0 N–H and O–H groups in total. The van der Waals surface area contributed by atoms with Crippen LogP contribution >= 0.6 is 0 Å². The Hall–Kier alpha value is -1.64. The van der Waals surface area contributed by atoms with Gasteiger partial charge in [-0.2, -0.15) is 0 Å². The first-order valence-electron chi connectivity index (χ1n) is 5.59. The number of anilines is 1. The van der Waals surface area contributed by atoms with Gasteiger partial charge in [0.15, 0.2) is 0 Å². The first-order valence-corrected chi connectivity index (χ1v) is 5.59. The molecule has 0 atom stereocenters. The number of rotatable bonds is 7. The molecule has 0 radical (unpaired) electrons. The van der Waals surface area contributed by atoms with Crippen LogP contribution in [0.4, 0.5) is 5.69 Å². The van der Waals surface area contributed by atoms with Crippen LogP contribution in [0.15, 0.2) is 24.3 Å². The van der Waals surface area contributed by atoms with Crippen LogP contribution in [0.1, 0.15) is 36.5 Å². The van der Waals surface area contributed by atoms with E-state index in [1.807, 2.05) is 0 Å². The lowest BCUT2D eigenvalue weighted by atomic mass is 10.2. The second-order valence-corrected chi connectivity index (χ2v) is 3.72. The molecule has 3 nitrogen and oxygen atoms in total. The van der Waals surface area contributed by atoms with Crippen LogP contribution in [0.2, 0.25) is 0 Å². The fourth-order valence-electron chi connectivity index (χ4n) is 1.52. The van der Waals surface area contributed by atoms with Gasteiger partial charge in [0.1, 0.15) is 6.29 Å². The fourth-order valence-corrected chi connectivity index (χ4v) is 1.52. The minimum atomic E-state index is 0.628. The largest absolute Gasteiger partial charge is 0.315 e. The average molecular weight is 219 g/mol. The number of hydrogen-bond acceptors (Lipinski definition) is 2. The van der Waals surface area contributed by atoms with Crippen LogP contribution < -0.4 is 4.90 Å². The highest BCUT2D eigenvalue weighted by Crippen LogP contribution is 2.14. The standard InChI is InChI=1S/C13H17NO2/c1-2-3-4-9-14(11-16)13-7-5-12(10-15)6-8-13/h5-8,10-11H,2-4,9H2,1H3. The zero-order valence-electron chi connectivity index (χ0n) is 9.56. The van der Waals surface area contributed by atoms with Crippen molar-refractivity contribution in [2.75, 3.05) is 11.4 Å². The van der Waals surface area contributed by atoms with E-state index in [1.165, 1.54) is 0 Å². The SMILES string of the molecule is CCCCCN(C=O)c1ccc(C=O)cc1. The monoisotopic (exact) mass is 219 g/mol. The molecule has 3 heteroatoms. The van der Waals surface area contributed by atoms with Gasteiger partial charge in [0, 0.05) is 17.8 Å². The lowest BCUT2D eigenvalue weighted by molar-refractivity contribution is -0.107. The summed E-state index contributed by atoms with van der Waals surface area (Å²) in [4.78, 5) is 23.1. The van der Waals surface area contributed by atoms with E-state index < -0.39 is 0 Å². The van der Waals surface area contributed by atoms with Gasteiger partial charge in [0.2, 0.25) is 6.41 Å². The maximum atomic E-state index is 10.9. The molecule has 1 aromatic rings. The number of nitrogens with zero attached hydrogens (tertiary/aromatic N) is 1. The smallest absolute Gasteiger partial charge is 0.214 e. The molecule has 0 aromatic heterocycles. The molecule has 0 aliphatic rings. The molecule has 86 valence electrons. The third kappa shape index (κ3) is 3.50. The van der Waals surface area contributed by atoms with Gasteiger partial charge in [-0.25, -0.2) is 0 Å². The van der Waals surface area contributed by atoms with Crippen LogP contribution in [0, 0.1) is 0 Å². The summed E-state index contributed by atoms with van der Waals surface area (Å²) in [6.45, 7) is 2.86. The van der Waals surface area contributed by atoms with Crippen LogP contribution in [0.3, 0.4) is 0 Å². The van der Waals surface area contributed by atoms with E-state index in [-0.39, 0.29) is 0 Å². The molecule has 0 aliphatic heterocycles. The Bertz CT molecular complexity index is 332. The number of aldehydes is 1. The van der Waals surface area contributed by atoms with Gasteiger partial charge < -0.3 is 4.90 Å². The number of carbonyl (C=O) groups is 2. The molecule has 1 rings (SSSR count). The normalized spacial score (nSPS) is 9.81. The van der Waals surface area contributed by atoms with Crippen molar-refractivity contribution < 1.29 is 9.59 Å². The zero-order valence-corrected chi connectivity index (χ0v) is 9.56. The summed E-state index contributed by atoms with van der Waals surface area (Å²) in [5, 5.41) is 0. The van der Waals surface area contributed by atoms with Crippen molar-refractivity contribution in [3.63, 3.8) is 0 Å². The van der Waals surface area contributed by atoms with Crippen molar-refractivity contribution >= 4 is 18.4 Å². The Morgan fingerprint density at radius 3 is 2.31 bits per heavy atom. The minimum absolute atomic E-state index is 0.628. The van der Waals surface area contributed by atoms with Gasteiger partial charge in [0.05, 0.1) is 0 Å². The maximum absolute atomic E-state index is 10.9. The molecule has 0 fully saturated rings. The summed E-state index contributed by atoms with van der Waals surface area (Å²) in [6.07, 6.45) is 4.90. The molecular formula is C13H17NO2. The summed E-state index contributed by atoms with van der Waals surface area (Å²) < 4.78 is 0. The van der Waals surface area contributed by atoms with E-state index >= 15 is 0 Å². The fraction of sp³-hybridized carbons (Fsp3) is 0.385. The van der Waals surface area contributed by atoms with E-state index in [4.69, 9.17) is 0 Å². The second-order valence-electron chi connectivity index (χ2n) is 3.72. The molecule has 0 heterocycles. The summed E-state index contributed by atoms with van der Waals surface area (Å²) in [6, 6.07) is 7.03. The van der Waals surface area contributed by atoms with Crippen molar-refractivity contribution in [3.05, 3.63) is 29.8 Å². The van der Waals surface area contributed by atoms with Gasteiger partial charge in [0.25, 0.3) is 0 Å². The minimum Gasteiger partial charge on any atom is -0.315 e. The Kier molecular flexibility index (Phi) is 5.26. The van der Waals surface area contributed by atoms with Crippen molar-refractivity contribution in [2.24, 2.45) is 0 Å². The number of amides is 1. The molecule has 0 saturated heterocycles. The maximum Gasteiger partial charge on any atom is 0.214 e. The van der Waals surface area contributed by atoms with Crippen molar-refractivity contribution in [3.8, 4) is 0 Å². The second kappa shape index (κ2) is 6.77. The highest BCUT2D eigenvalue weighted by molar-refractivity contribution is 5.79. The van der Waals surface area contributed by atoms with Gasteiger partial charge in [-0.05, 0) is 30.7 Å². The number of carbonyl (C=O) groups excluding carboxylic acids is 2. The van der Waals surface area contributed by atoms with Crippen LogP contribution in [0.25, 0.3) is 0 Å². The molecular weight excluding hydrogens is 202 g/mol. The third-order valence-corrected chi connectivity index (χ3v) is 2.49. The highest BCUT2D eigenvalue weighted by atomic mass is 16.1. The van der Waals surface area contributed by atoms with Crippen molar-refractivity contribution in [1.82, 2.24) is 0 Å². The molecule has 0 bridgehead atoms. The summed E-state index contributed by atoms with van der Waals surface area (Å²) >= 11 is 0. The van der Waals surface area contributed by atoms with Crippen LogP contribution in [0.5, 0.6) is 0 Å². The predicted octanol–water partition coefficient (Wildman–Crippen LogP) is 2.65. The van der Waals surface area contributed by atoms with Gasteiger partial charge in [-0.15, -0.1) is 0 Å². The Morgan fingerprint density at radius 1 is 1.12 bits per heavy atom. The van der Waals surface area contributed by atoms with E-state index in [2.05, 4.69) is 6.92 Å². The van der Waals surface area contributed by atoms with Gasteiger partial charge in [-0.3, -0.25) is 9.59 Å². The molecule has 0 spiro atoms. The van der Waals surface area contributed by atoms with Crippen molar-refractivity contribution in [2.45, 2.75) is 26.2 Å². The van der Waals surface area contributed by atoms with Crippen LogP contribution in [-0.4, -0.2) is 19.2 Å².